The highest BCUT2D eigenvalue weighted by molar-refractivity contribution is 5.28. The Labute approximate surface area is 129 Å². The molecule has 0 aliphatic carbocycles. The first kappa shape index (κ1) is 17.3. The molecule has 3 N–H and O–H groups in total. The van der Waals surface area contributed by atoms with Gasteiger partial charge in [-0.2, -0.15) is 0 Å². The van der Waals surface area contributed by atoms with Crippen LogP contribution in [0.2, 0.25) is 0 Å². The summed E-state index contributed by atoms with van der Waals surface area (Å²) in [6.07, 6.45) is -3.13. The predicted octanol–water partition coefficient (Wildman–Crippen LogP) is 1.03. The molecule has 124 valence electrons. The Morgan fingerprint density at radius 3 is 2.05 bits per heavy atom. The van der Waals surface area contributed by atoms with Gasteiger partial charge < -0.3 is 15.3 Å². The maximum atomic E-state index is 14.0. The van der Waals surface area contributed by atoms with E-state index in [2.05, 4.69) is 0 Å². The van der Waals surface area contributed by atoms with Gasteiger partial charge in [0.2, 0.25) is 0 Å². The Morgan fingerprint density at radius 1 is 1.09 bits per heavy atom. The molecular formula is C16H23F2NO3. The van der Waals surface area contributed by atoms with Crippen molar-refractivity contribution in [1.82, 2.24) is 4.90 Å². The van der Waals surface area contributed by atoms with Gasteiger partial charge in [-0.3, -0.25) is 4.90 Å². The predicted molar refractivity (Wildman–Crippen MR) is 78.6 cm³/mol. The van der Waals surface area contributed by atoms with Crippen LogP contribution in [0.1, 0.15) is 30.9 Å². The third-order valence-electron chi connectivity index (χ3n) is 4.19. The fraction of sp³-hybridized carbons (Fsp3) is 0.625. The minimum absolute atomic E-state index is 0.0134. The lowest BCUT2D eigenvalue weighted by Crippen LogP contribution is -2.55. The standard InChI is InChI=1S/C16H23F2NO3/c1-9(2)10-5-12(17)11(13(18)6-10)3-4-19-7-14(20)16(22)15(21)8-19/h5-6,9,14-16,20-22H,3-4,7-8H2,1-2H3/t14-,15+,16?. The lowest BCUT2D eigenvalue weighted by atomic mass is 9.98. The van der Waals surface area contributed by atoms with Gasteiger partial charge in [0.25, 0.3) is 0 Å². The lowest BCUT2D eigenvalue weighted by Gasteiger charge is -2.36. The summed E-state index contributed by atoms with van der Waals surface area (Å²) in [6, 6.07) is 2.71. The van der Waals surface area contributed by atoms with Gasteiger partial charge in [0.15, 0.2) is 0 Å². The van der Waals surface area contributed by atoms with Crippen molar-refractivity contribution in [2.75, 3.05) is 19.6 Å². The number of benzene rings is 1. The summed E-state index contributed by atoms with van der Waals surface area (Å²) in [6.45, 7) is 4.39. The molecule has 1 aliphatic heterocycles. The summed E-state index contributed by atoms with van der Waals surface area (Å²) in [5, 5.41) is 28.7. The Kier molecular flexibility index (Phi) is 5.50. The van der Waals surface area contributed by atoms with E-state index >= 15 is 0 Å². The first-order valence-electron chi connectivity index (χ1n) is 7.54. The van der Waals surface area contributed by atoms with Crippen molar-refractivity contribution in [3.05, 3.63) is 34.9 Å². The van der Waals surface area contributed by atoms with Crippen LogP contribution < -0.4 is 0 Å². The molecule has 22 heavy (non-hydrogen) atoms. The number of halogens is 2. The number of piperidine rings is 1. The minimum atomic E-state index is -1.17. The maximum Gasteiger partial charge on any atom is 0.129 e. The summed E-state index contributed by atoms with van der Waals surface area (Å²) in [4.78, 5) is 1.69. The Balaban J connectivity index is 2.03. The van der Waals surface area contributed by atoms with Crippen LogP contribution in [0, 0.1) is 11.6 Å². The molecule has 0 amide bonds. The zero-order valence-electron chi connectivity index (χ0n) is 12.8. The van der Waals surface area contributed by atoms with E-state index < -0.39 is 29.9 Å². The molecule has 1 unspecified atom stereocenters. The first-order valence-corrected chi connectivity index (χ1v) is 7.54. The van der Waals surface area contributed by atoms with Crippen LogP contribution in [0.3, 0.4) is 0 Å². The average Bonchev–Trinajstić information content (AvgIpc) is 2.43. The summed E-state index contributed by atoms with van der Waals surface area (Å²) >= 11 is 0. The Morgan fingerprint density at radius 2 is 1.59 bits per heavy atom. The van der Waals surface area contributed by atoms with E-state index in [1.807, 2.05) is 13.8 Å². The van der Waals surface area contributed by atoms with Crippen LogP contribution in [0.15, 0.2) is 12.1 Å². The number of nitrogens with zero attached hydrogens (tertiary/aromatic N) is 1. The normalized spacial score (nSPS) is 26.6. The monoisotopic (exact) mass is 315 g/mol. The van der Waals surface area contributed by atoms with Gasteiger partial charge >= 0.3 is 0 Å². The topological polar surface area (TPSA) is 63.9 Å². The average molecular weight is 315 g/mol. The van der Waals surface area contributed by atoms with Crippen LogP contribution in [-0.2, 0) is 6.42 Å². The minimum Gasteiger partial charge on any atom is -0.389 e. The molecule has 0 spiro atoms. The second kappa shape index (κ2) is 7.00. The molecule has 1 saturated heterocycles. The van der Waals surface area contributed by atoms with Crippen LogP contribution in [0.4, 0.5) is 8.78 Å². The zero-order valence-corrected chi connectivity index (χ0v) is 12.8. The first-order chi connectivity index (χ1) is 10.3. The van der Waals surface area contributed by atoms with E-state index in [1.54, 1.807) is 4.90 Å². The molecule has 0 bridgehead atoms. The van der Waals surface area contributed by atoms with Crippen molar-refractivity contribution < 1.29 is 24.1 Å². The van der Waals surface area contributed by atoms with Gasteiger partial charge in [-0.1, -0.05) is 13.8 Å². The number of β-amino-alcohol motifs (C(OH)–C–C–N with tert-alkyl or cyclic N) is 2. The third kappa shape index (κ3) is 3.81. The molecule has 1 aromatic rings. The van der Waals surface area contributed by atoms with E-state index in [9.17, 15) is 24.1 Å². The van der Waals surface area contributed by atoms with E-state index in [-0.39, 0.29) is 31.0 Å². The van der Waals surface area contributed by atoms with Crippen molar-refractivity contribution in [2.24, 2.45) is 0 Å². The fourth-order valence-electron chi connectivity index (χ4n) is 2.72. The molecule has 1 aromatic carbocycles. The van der Waals surface area contributed by atoms with Gasteiger partial charge in [0.1, 0.15) is 17.7 Å². The molecule has 4 nitrogen and oxygen atoms in total. The summed E-state index contributed by atoms with van der Waals surface area (Å²) in [5.74, 6) is -1.09. The molecule has 0 radical (unpaired) electrons. The molecular weight excluding hydrogens is 292 g/mol. The second-order valence-corrected chi connectivity index (χ2v) is 6.25. The smallest absolute Gasteiger partial charge is 0.129 e. The Bertz CT molecular complexity index is 489. The van der Waals surface area contributed by atoms with Gasteiger partial charge in [0.05, 0.1) is 12.2 Å². The number of aliphatic hydroxyl groups is 3. The molecule has 6 heteroatoms. The quantitative estimate of drug-likeness (QED) is 0.776. The highest BCUT2D eigenvalue weighted by Crippen LogP contribution is 2.22. The van der Waals surface area contributed by atoms with Gasteiger partial charge in [-0.15, -0.1) is 0 Å². The summed E-state index contributed by atoms with van der Waals surface area (Å²) in [5.41, 5.74) is 0.630. The highest BCUT2D eigenvalue weighted by atomic mass is 19.1. The van der Waals surface area contributed by atoms with E-state index in [4.69, 9.17) is 0 Å². The SMILES string of the molecule is CC(C)c1cc(F)c(CCN2C[C@@H](O)C(O)[C@@H](O)C2)c(F)c1. The van der Waals surface area contributed by atoms with E-state index in [1.165, 1.54) is 12.1 Å². The summed E-state index contributed by atoms with van der Waals surface area (Å²) < 4.78 is 28.1. The van der Waals surface area contributed by atoms with Gasteiger partial charge in [-0.05, 0) is 30.0 Å². The van der Waals surface area contributed by atoms with Gasteiger partial charge in [-0.25, -0.2) is 8.78 Å². The van der Waals surface area contributed by atoms with Crippen LogP contribution >= 0.6 is 0 Å². The molecule has 1 fully saturated rings. The molecule has 3 atom stereocenters. The van der Waals surface area contributed by atoms with Crippen LogP contribution in [-0.4, -0.2) is 58.2 Å². The van der Waals surface area contributed by atoms with E-state index in [0.29, 0.717) is 12.1 Å². The Hall–Kier alpha value is -1.08. The molecule has 1 heterocycles. The second-order valence-electron chi connectivity index (χ2n) is 6.25. The van der Waals surface area contributed by atoms with Crippen LogP contribution in [0.25, 0.3) is 0 Å². The highest BCUT2D eigenvalue weighted by Gasteiger charge is 2.33. The van der Waals surface area contributed by atoms with Gasteiger partial charge in [0, 0.05) is 25.2 Å². The number of rotatable bonds is 4. The zero-order chi connectivity index (χ0) is 16.4. The van der Waals surface area contributed by atoms with Crippen LogP contribution in [0.5, 0.6) is 0 Å². The molecule has 0 saturated carbocycles. The molecule has 0 aromatic heterocycles. The molecule has 1 aliphatic rings. The largest absolute Gasteiger partial charge is 0.389 e. The number of hydrogen-bond acceptors (Lipinski definition) is 4. The fourth-order valence-corrected chi connectivity index (χ4v) is 2.72. The third-order valence-corrected chi connectivity index (χ3v) is 4.19. The van der Waals surface area contributed by atoms with Crippen molar-refractivity contribution >= 4 is 0 Å². The maximum absolute atomic E-state index is 14.0. The lowest BCUT2D eigenvalue weighted by molar-refractivity contribution is -0.109. The number of aliphatic hydroxyl groups excluding tert-OH is 3. The van der Waals surface area contributed by atoms with Crippen molar-refractivity contribution in [2.45, 2.75) is 44.5 Å². The summed E-state index contributed by atoms with van der Waals surface area (Å²) in [7, 11) is 0. The van der Waals surface area contributed by atoms with E-state index in [0.717, 1.165) is 0 Å². The molecule has 2 rings (SSSR count). The number of hydrogen-bond donors (Lipinski definition) is 3. The number of likely N-dealkylation sites (tertiary alicyclic amines) is 1. The van der Waals surface area contributed by atoms with Crippen molar-refractivity contribution in [3.8, 4) is 0 Å². The van der Waals surface area contributed by atoms with Crippen molar-refractivity contribution in [3.63, 3.8) is 0 Å². The van der Waals surface area contributed by atoms with Crippen molar-refractivity contribution in [1.29, 1.82) is 0 Å².